The van der Waals surface area contributed by atoms with Gasteiger partial charge in [-0.1, -0.05) is 12.1 Å². The van der Waals surface area contributed by atoms with Gasteiger partial charge in [0.25, 0.3) is 11.8 Å². The highest BCUT2D eigenvalue weighted by Crippen LogP contribution is 2.22. The lowest BCUT2D eigenvalue weighted by atomic mass is 10.1. The van der Waals surface area contributed by atoms with Crippen molar-refractivity contribution in [3.8, 4) is 0 Å². The van der Waals surface area contributed by atoms with Gasteiger partial charge in [-0.05, 0) is 64.1 Å². The average Bonchev–Trinajstić information content (AvgIpc) is 2.79. The van der Waals surface area contributed by atoms with Gasteiger partial charge in [0.2, 0.25) is 10.0 Å². The maximum absolute atomic E-state index is 13.1. The molecule has 0 radical (unpaired) electrons. The van der Waals surface area contributed by atoms with Crippen molar-refractivity contribution in [3.05, 3.63) is 59.7 Å². The lowest BCUT2D eigenvalue weighted by molar-refractivity contribution is -0.0440. The Bertz CT molecular complexity index is 1100. The highest BCUT2D eigenvalue weighted by molar-refractivity contribution is 7.89. The van der Waals surface area contributed by atoms with Gasteiger partial charge in [-0.2, -0.15) is 4.31 Å². The van der Waals surface area contributed by atoms with E-state index in [1.807, 2.05) is 27.7 Å². The second-order valence-electron chi connectivity index (χ2n) is 8.12. The monoisotopic (exact) mass is 473 g/mol. The summed E-state index contributed by atoms with van der Waals surface area (Å²) in [5.74, 6) is -0.568. The van der Waals surface area contributed by atoms with Crippen LogP contribution in [0.4, 0.5) is 5.69 Å². The maximum atomic E-state index is 13.1. The van der Waals surface area contributed by atoms with Gasteiger partial charge in [-0.3, -0.25) is 9.59 Å². The van der Waals surface area contributed by atoms with Crippen LogP contribution in [0, 0.1) is 0 Å². The maximum Gasteiger partial charge on any atom is 0.255 e. The van der Waals surface area contributed by atoms with Gasteiger partial charge in [0.1, 0.15) is 0 Å². The standard InChI is InChI=1S/C24H31N3O5S/c1-5-26(6-2)24(29)20-10-7-11-21(13-20)25-23(28)19-9-8-12-22(14-19)33(30,31)27-15-17(3)32-18(4)16-27/h7-14,17-18H,5-6,15-16H2,1-4H3,(H,25,28)/t17-,18+. The fourth-order valence-electron chi connectivity index (χ4n) is 3.90. The molecule has 0 spiro atoms. The molecule has 2 aromatic rings. The van der Waals surface area contributed by atoms with Crippen molar-refractivity contribution in [1.29, 1.82) is 0 Å². The highest BCUT2D eigenvalue weighted by atomic mass is 32.2. The smallest absolute Gasteiger partial charge is 0.255 e. The molecule has 1 heterocycles. The Morgan fingerprint density at radius 3 is 2.24 bits per heavy atom. The van der Waals surface area contributed by atoms with E-state index in [1.54, 1.807) is 41.3 Å². The van der Waals surface area contributed by atoms with Crippen molar-refractivity contribution in [1.82, 2.24) is 9.21 Å². The minimum Gasteiger partial charge on any atom is -0.373 e. The third-order valence-electron chi connectivity index (χ3n) is 5.54. The van der Waals surface area contributed by atoms with Gasteiger partial charge >= 0.3 is 0 Å². The number of hydrogen-bond acceptors (Lipinski definition) is 5. The fraction of sp³-hybridized carbons (Fsp3) is 0.417. The van der Waals surface area contributed by atoms with E-state index in [0.717, 1.165) is 0 Å². The summed E-state index contributed by atoms with van der Waals surface area (Å²) in [6.07, 6.45) is -0.414. The molecule has 33 heavy (non-hydrogen) atoms. The topological polar surface area (TPSA) is 96.0 Å². The molecule has 1 saturated heterocycles. The van der Waals surface area contributed by atoms with Crippen LogP contribution in [0.1, 0.15) is 48.4 Å². The Balaban J connectivity index is 1.79. The highest BCUT2D eigenvalue weighted by Gasteiger charge is 2.32. The molecule has 0 aliphatic carbocycles. The number of sulfonamides is 1. The third kappa shape index (κ3) is 5.79. The van der Waals surface area contributed by atoms with Gasteiger partial charge in [-0.25, -0.2) is 8.42 Å². The minimum absolute atomic E-state index is 0.0573. The number of amides is 2. The molecule has 0 saturated carbocycles. The van der Waals surface area contributed by atoms with Crippen molar-refractivity contribution < 1.29 is 22.7 Å². The van der Waals surface area contributed by atoms with Crippen LogP contribution >= 0.6 is 0 Å². The molecular formula is C24H31N3O5S. The van der Waals surface area contributed by atoms with E-state index >= 15 is 0 Å². The van der Waals surface area contributed by atoms with Crippen LogP contribution in [0.3, 0.4) is 0 Å². The summed E-state index contributed by atoms with van der Waals surface area (Å²) in [5, 5.41) is 2.76. The summed E-state index contributed by atoms with van der Waals surface area (Å²) in [6.45, 7) is 9.19. The lowest BCUT2D eigenvalue weighted by Gasteiger charge is -2.34. The Kier molecular flexibility index (Phi) is 7.88. The van der Waals surface area contributed by atoms with E-state index in [4.69, 9.17) is 4.74 Å². The van der Waals surface area contributed by atoms with E-state index in [2.05, 4.69) is 5.32 Å². The Morgan fingerprint density at radius 2 is 1.61 bits per heavy atom. The summed E-state index contributed by atoms with van der Waals surface area (Å²) in [7, 11) is -3.77. The molecular weight excluding hydrogens is 442 g/mol. The van der Waals surface area contributed by atoms with Crippen molar-refractivity contribution in [2.45, 2.75) is 44.8 Å². The molecule has 2 aromatic carbocycles. The van der Waals surface area contributed by atoms with Crippen LogP contribution < -0.4 is 5.32 Å². The first-order valence-corrected chi connectivity index (χ1v) is 12.6. The number of anilines is 1. The van der Waals surface area contributed by atoms with Crippen molar-refractivity contribution in [3.63, 3.8) is 0 Å². The Morgan fingerprint density at radius 1 is 1.00 bits per heavy atom. The number of rotatable bonds is 7. The zero-order valence-corrected chi connectivity index (χ0v) is 20.3. The van der Waals surface area contributed by atoms with Gasteiger partial charge in [-0.15, -0.1) is 0 Å². The summed E-state index contributed by atoms with van der Waals surface area (Å²) in [5.41, 5.74) is 1.15. The normalized spacial score (nSPS) is 19.2. The van der Waals surface area contributed by atoms with E-state index in [-0.39, 0.29) is 41.7 Å². The van der Waals surface area contributed by atoms with Gasteiger partial charge in [0.05, 0.1) is 17.1 Å². The molecule has 8 nitrogen and oxygen atoms in total. The Labute approximate surface area is 195 Å². The zero-order chi connectivity index (χ0) is 24.2. The summed E-state index contributed by atoms with van der Waals surface area (Å²) in [6, 6.07) is 12.7. The molecule has 1 aliphatic heterocycles. The largest absolute Gasteiger partial charge is 0.373 e. The van der Waals surface area contributed by atoms with E-state index in [1.165, 1.54) is 16.4 Å². The minimum atomic E-state index is -3.77. The van der Waals surface area contributed by atoms with Crippen molar-refractivity contribution in [2.75, 3.05) is 31.5 Å². The van der Waals surface area contributed by atoms with Gasteiger partial charge < -0.3 is 15.0 Å². The third-order valence-corrected chi connectivity index (χ3v) is 7.37. The van der Waals surface area contributed by atoms with Crippen LogP contribution in [-0.4, -0.2) is 67.8 Å². The lowest BCUT2D eigenvalue weighted by Crippen LogP contribution is -2.48. The van der Waals surface area contributed by atoms with Crippen molar-refractivity contribution >= 4 is 27.5 Å². The predicted molar refractivity (Wildman–Crippen MR) is 127 cm³/mol. The number of ether oxygens (including phenoxy) is 1. The second kappa shape index (κ2) is 10.5. The second-order valence-corrected chi connectivity index (χ2v) is 10.1. The Hall–Kier alpha value is -2.75. The molecule has 178 valence electrons. The molecule has 2 atom stereocenters. The quantitative estimate of drug-likeness (QED) is 0.666. The first-order valence-electron chi connectivity index (χ1n) is 11.1. The number of nitrogens with zero attached hydrogens (tertiary/aromatic N) is 2. The molecule has 1 aliphatic rings. The van der Waals surface area contributed by atoms with Crippen LogP contribution in [0.25, 0.3) is 0 Å². The zero-order valence-electron chi connectivity index (χ0n) is 19.4. The summed E-state index contributed by atoms with van der Waals surface area (Å²) in [4.78, 5) is 27.2. The first-order chi connectivity index (χ1) is 15.6. The van der Waals surface area contributed by atoms with Crippen LogP contribution in [0.2, 0.25) is 0 Å². The summed E-state index contributed by atoms with van der Waals surface area (Å²) < 4.78 is 33.3. The number of nitrogens with one attached hydrogen (secondary N) is 1. The fourth-order valence-corrected chi connectivity index (χ4v) is 5.54. The van der Waals surface area contributed by atoms with Crippen LogP contribution in [0.15, 0.2) is 53.4 Å². The molecule has 0 aromatic heterocycles. The number of carbonyl (C=O) groups excluding carboxylic acids is 2. The van der Waals surface area contributed by atoms with Crippen LogP contribution in [0.5, 0.6) is 0 Å². The van der Waals surface area contributed by atoms with Gasteiger partial charge in [0.15, 0.2) is 0 Å². The van der Waals surface area contributed by atoms with E-state index < -0.39 is 15.9 Å². The summed E-state index contributed by atoms with van der Waals surface area (Å²) >= 11 is 0. The molecule has 1 N–H and O–H groups in total. The van der Waals surface area contributed by atoms with Crippen molar-refractivity contribution in [2.24, 2.45) is 0 Å². The molecule has 0 unspecified atom stereocenters. The first kappa shape index (κ1) is 24.9. The number of hydrogen-bond donors (Lipinski definition) is 1. The SMILES string of the molecule is CCN(CC)C(=O)c1cccc(NC(=O)c2cccc(S(=O)(=O)N3C[C@@H](C)O[C@@H](C)C3)c2)c1. The number of morpholine rings is 1. The van der Waals surface area contributed by atoms with Crippen LogP contribution in [-0.2, 0) is 14.8 Å². The van der Waals surface area contributed by atoms with Gasteiger partial charge in [0, 0.05) is 43.0 Å². The number of benzene rings is 2. The molecule has 0 bridgehead atoms. The van der Waals surface area contributed by atoms with E-state index in [9.17, 15) is 18.0 Å². The van der Waals surface area contributed by atoms with E-state index in [0.29, 0.717) is 24.3 Å². The molecule has 2 amide bonds. The predicted octanol–water partition coefficient (Wildman–Crippen LogP) is 3.22. The molecule has 9 heteroatoms. The average molecular weight is 474 g/mol. The molecule has 1 fully saturated rings. The number of carbonyl (C=O) groups is 2. The molecule has 3 rings (SSSR count).